The molecule has 5 rings (SSSR count). The van der Waals surface area contributed by atoms with Crippen molar-refractivity contribution in [3.63, 3.8) is 0 Å². The van der Waals surface area contributed by atoms with Gasteiger partial charge in [-0.15, -0.1) is 0 Å². The fraction of sp³-hybridized carbons (Fsp3) is 0.902. The third-order valence-corrected chi connectivity index (χ3v) is 12.6. The van der Waals surface area contributed by atoms with E-state index >= 15 is 0 Å². The number of unbranched alkanes of at least 4 members (excludes halogenated alkanes) is 11. The van der Waals surface area contributed by atoms with E-state index in [0.717, 1.165) is 96.3 Å². The molecule has 4 saturated heterocycles. The molecule has 0 aliphatic carbocycles. The van der Waals surface area contributed by atoms with Crippen LogP contribution in [0.4, 0.5) is 0 Å². The average Bonchev–Trinajstić information content (AvgIpc) is 3.43. The highest BCUT2D eigenvalue weighted by Crippen LogP contribution is 2.42. The van der Waals surface area contributed by atoms with Gasteiger partial charge in [-0.1, -0.05) is 89.7 Å². The van der Waals surface area contributed by atoms with Crippen molar-refractivity contribution in [1.29, 1.82) is 0 Å². The number of nitrogens with two attached hydrogens (primary N) is 1. The molecule has 52 heavy (non-hydrogen) atoms. The first-order valence-electron chi connectivity index (χ1n) is 21.6. The van der Waals surface area contributed by atoms with Crippen LogP contribution in [0.1, 0.15) is 162 Å². The Kier molecular flexibility index (Phi) is 16.7. The van der Waals surface area contributed by atoms with Crippen molar-refractivity contribution in [2.75, 3.05) is 19.7 Å². The maximum Gasteiger partial charge on any atom is 0.319 e. The summed E-state index contributed by atoms with van der Waals surface area (Å²) in [6.07, 6.45) is 27.9. The van der Waals surface area contributed by atoms with Gasteiger partial charge in [-0.25, -0.2) is 10.6 Å². The Balaban J connectivity index is 0.967. The van der Waals surface area contributed by atoms with Crippen molar-refractivity contribution in [2.24, 2.45) is 11.7 Å². The fourth-order valence-electron chi connectivity index (χ4n) is 9.91. The van der Waals surface area contributed by atoms with Gasteiger partial charge in [-0.2, -0.15) is 0 Å². The van der Waals surface area contributed by atoms with Crippen molar-refractivity contribution in [3.8, 4) is 0 Å². The molecule has 5 aliphatic heterocycles. The normalized spacial score (nSPS) is 34.6. The zero-order chi connectivity index (χ0) is 36.8. The van der Waals surface area contributed by atoms with Gasteiger partial charge >= 0.3 is 5.97 Å². The molecule has 5 heterocycles. The number of carbonyl (C=O) groups excluding carboxylic acids is 2. The smallest absolute Gasteiger partial charge is 0.319 e. The second-order valence-electron chi connectivity index (χ2n) is 16.7. The Hall–Kier alpha value is -1.60. The molecule has 11 nitrogen and oxygen atoms in total. The van der Waals surface area contributed by atoms with Gasteiger partial charge in [0.05, 0.1) is 24.9 Å². The van der Waals surface area contributed by atoms with E-state index in [-0.39, 0.29) is 48.1 Å². The zero-order valence-corrected chi connectivity index (χ0v) is 32.6. The minimum Gasteiger partial charge on any atom is -0.465 e. The summed E-state index contributed by atoms with van der Waals surface area (Å²) in [5.41, 5.74) is 4.39. The summed E-state index contributed by atoms with van der Waals surface area (Å²) in [4.78, 5) is 27.3. The molecular formula is C41H74N5O6+. The van der Waals surface area contributed by atoms with Gasteiger partial charge in [-0.05, 0) is 71.3 Å². The molecule has 1 amide bonds. The number of esters is 1. The molecule has 0 radical (unpaired) electrons. The molecule has 10 atom stereocenters. The molecule has 11 heteroatoms. The van der Waals surface area contributed by atoms with Crippen LogP contribution in [0.3, 0.4) is 0 Å². The zero-order valence-electron chi connectivity index (χ0n) is 32.6. The van der Waals surface area contributed by atoms with E-state index in [1.807, 2.05) is 0 Å². The molecule has 10 unspecified atom stereocenters. The van der Waals surface area contributed by atoms with Crippen molar-refractivity contribution in [3.05, 3.63) is 12.2 Å². The largest absolute Gasteiger partial charge is 0.465 e. The van der Waals surface area contributed by atoms with Gasteiger partial charge in [0.15, 0.2) is 5.92 Å². The van der Waals surface area contributed by atoms with Crippen LogP contribution in [0.15, 0.2) is 12.2 Å². The third kappa shape index (κ3) is 11.2. The summed E-state index contributed by atoms with van der Waals surface area (Å²) in [5, 5.41) is 20.6. The van der Waals surface area contributed by atoms with Gasteiger partial charge in [0.1, 0.15) is 23.6 Å². The molecule has 2 spiro atoms. The summed E-state index contributed by atoms with van der Waals surface area (Å²) >= 11 is 0. The number of ether oxygens (including phenoxy) is 3. The van der Waals surface area contributed by atoms with Gasteiger partial charge in [0.2, 0.25) is 12.2 Å². The lowest BCUT2D eigenvalue weighted by Gasteiger charge is -2.58. The lowest BCUT2D eigenvalue weighted by atomic mass is 9.79. The van der Waals surface area contributed by atoms with E-state index in [0.29, 0.717) is 32.2 Å². The van der Waals surface area contributed by atoms with Gasteiger partial charge in [0, 0.05) is 25.8 Å². The van der Waals surface area contributed by atoms with Crippen LogP contribution in [0.2, 0.25) is 0 Å². The quantitative estimate of drug-likeness (QED) is 0.0572. The summed E-state index contributed by atoms with van der Waals surface area (Å²) < 4.78 is 19.7. The van der Waals surface area contributed by atoms with E-state index < -0.39 is 11.8 Å². The molecule has 0 saturated carbocycles. The van der Waals surface area contributed by atoms with Crippen molar-refractivity contribution >= 4 is 11.9 Å². The third-order valence-electron chi connectivity index (χ3n) is 12.6. The lowest BCUT2D eigenvalue weighted by Crippen LogP contribution is -3.29. The summed E-state index contributed by atoms with van der Waals surface area (Å²) in [6, 6.07) is 0.633. The molecule has 0 aromatic carbocycles. The molecule has 0 aromatic heterocycles. The second-order valence-corrected chi connectivity index (χ2v) is 16.7. The number of quaternary nitrogens is 1. The van der Waals surface area contributed by atoms with Crippen LogP contribution in [0.25, 0.3) is 0 Å². The minimum absolute atomic E-state index is 0.00558. The first-order chi connectivity index (χ1) is 25.3. The number of aliphatic hydroxyl groups excluding tert-OH is 1. The van der Waals surface area contributed by atoms with Crippen molar-refractivity contribution < 1.29 is 33.8 Å². The van der Waals surface area contributed by atoms with Crippen LogP contribution in [-0.4, -0.2) is 84.8 Å². The molecule has 4 fully saturated rings. The minimum atomic E-state index is -0.898. The Bertz CT molecular complexity index is 1130. The van der Waals surface area contributed by atoms with E-state index in [2.05, 4.69) is 41.9 Å². The van der Waals surface area contributed by atoms with E-state index in [4.69, 9.17) is 19.9 Å². The highest BCUT2D eigenvalue weighted by atomic mass is 16.6. The van der Waals surface area contributed by atoms with Gasteiger partial charge in [0.25, 0.3) is 0 Å². The van der Waals surface area contributed by atoms with E-state index in [1.54, 1.807) is 0 Å². The molecule has 7 N–H and O–H groups in total. The molecular weight excluding hydrogens is 658 g/mol. The maximum atomic E-state index is 14.0. The predicted molar refractivity (Wildman–Crippen MR) is 203 cm³/mol. The fourth-order valence-corrected chi connectivity index (χ4v) is 9.91. The number of carbonyl (C=O) groups is 2. The Morgan fingerprint density at radius 2 is 1.67 bits per heavy atom. The standard InChI is InChI=1S/C41H73N5O6/c1-3-33-21-15-16-25-40(52-33)30-32-23-24-34-36(41(26-18-20-31(2)51-41)45-39(44-40)46(32)34)38(49)50-29-17-13-11-9-7-5-4-6-8-10-12-14-22-35(47)37(48)43-28-19-27-42/h15,21,31-36,39,44-45,47H,3-14,16-20,22-30,42H2,1-2H3,(H,43,48)/p+1. The highest BCUT2D eigenvalue weighted by molar-refractivity contribution is 5.80. The second kappa shape index (κ2) is 20.9. The van der Waals surface area contributed by atoms with Crippen molar-refractivity contribution in [2.45, 2.75) is 210 Å². The molecule has 0 aromatic rings. The number of hydrogen-bond donors (Lipinski definition) is 6. The molecule has 5 aliphatic rings. The Morgan fingerprint density at radius 3 is 2.37 bits per heavy atom. The van der Waals surface area contributed by atoms with Crippen LogP contribution in [0.5, 0.6) is 0 Å². The van der Waals surface area contributed by atoms with Gasteiger partial charge in [-0.3, -0.25) is 9.59 Å². The first-order valence-corrected chi connectivity index (χ1v) is 21.6. The SMILES string of the molecule is CCC1C=CCCC2(CC3CCC4C(C(=O)OCCCCCCCCCCCCCCC(O)C(=O)NCCCN)C5(CCCC(C)O5)NC(N2)[NH+]34)O1. The van der Waals surface area contributed by atoms with Crippen molar-refractivity contribution in [1.82, 2.24) is 16.0 Å². The molecule has 0 bridgehead atoms. The summed E-state index contributed by atoms with van der Waals surface area (Å²) in [7, 11) is 0. The first kappa shape index (κ1) is 41.6. The van der Waals surface area contributed by atoms with Crippen LogP contribution in [-0.2, 0) is 23.8 Å². The van der Waals surface area contributed by atoms with E-state index in [9.17, 15) is 14.7 Å². The van der Waals surface area contributed by atoms with E-state index in [1.165, 1.54) is 49.8 Å². The number of nitrogens with one attached hydrogen (secondary N) is 4. The number of aliphatic hydroxyl groups is 1. The average molecular weight is 733 g/mol. The number of rotatable bonds is 21. The number of allylic oxidation sites excluding steroid dienone is 1. The predicted octanol–water partition coefficient (Wildman–Crippen LogP) is 4.47. The summed E-state index contributed by atoms with van der Waals surface area (Å²) in [6.45, 7) is 5.91. The topological polar surface area (TPSA) is 149 Å². The monoisotopic (exact) mass is 733 g/mol. The number of hydrogen-bond acceptors (Lipinski definition) is 9. The Labute approximate surface area is 314 Å². The lowest BCUT2D eigenvalue weighted by molar-refractivity contribution is -0.985. The highest BCUT2D eigenvalue weighted by Gasteiger charge is 2.66. The Morgan fingerprint density at radius 1 is 0.962 bits per heavy atom. The van der Waals surface area contributed by atoms with Crippen LogP contribution >= 0.6 is 0 Å². The van der Waals surface area contributed by atoms with Crippen LogP contribution < -0.4 is 26.6 Å². The summed E-state index contributed by atoms with van der Waals surface area (Å²) in [5.74, 6) is -0.640. The maximum absolute atomic E-state index is 14.0. The van der Waals surface area contributed by atoms with Crippen LogP contribution in [0, 0.1) is 5.92 Å². The molecule has 298 valence electrons. The van der Waals surface area contributed by atoms with Gasteiger partial charge < -0.3 is 35.3 Å². The number of amides is 1.